The van der Waals surface area contributed by atoms with Gasteiger partial charge in [0.25, 0.3) is 0 Å². The smallest absolute Gasteiger partial charge is 0.246 e. The van der Waals surface area contributed by atoms with Crippen molar-refractivity contribution >= 4 is 22.9 Å². The highest BCUT2D eigenvalue weighted by molar-refractivity contribution is 7.09. The summed E-state index contributed by atoms with van der Waals surface area (Å²) >= 11 is 1.56. The highest BCUT2D eigenvalue weighted by Gasteiger charge is 2.24. The van der Waals surface area contributed by atoms with Crippen molar-refractivity contribution in [2.75, 3.05) is 5.32 Å². The topological polar surface area (TPSA) is 68.0 Å². The summed E-state index contributed by atoms with van der Waals surface area (Å²) in [5, 5.41) is 6.10. The van der Waals surface area contributed by atoms with Gasteiger partial charge in [-0.25, -0.2) is 4.98 Å². The number of carbonyl (C=O) groups is 1. The van der Waals surface area contributed by atoms with Crippen LogP contribution in [0, 0.1) is 6.92 Å². The van der Waals surface area contributed by atoms with E-state index >= 15 is 0 Å². The van der Waals surface area contributed by atoms with E-state index in [1.807, 2.05) is 36.6 Å². The van der Waals surface area contributed by atoms with Crippen molar-refractivity contribution < 1.29 is 4.79 Å². The van der Waals surface area contributed by atoms with Crippen molar-refractivity contribution in [1.82, 2.24) is 4.98 Å². The number of anilines is 1. The van der Waals surface area contributed by atoms with Crippen LogP contribution in [-0.4, -0.2) is 10.9 Å². The molecular weight excluding hydrogens is 282 g/mol. The van der Waals surface area contributed by atoms with E-state index in [9.17, 15) is 4.79 Å². The summed E-state index contributed by atoms with van der Waals surface area (Å²) in [6.45, 7) is 8.29. The van der Waals surface area contributed by atoms with Gasteiger partial charge in [0.15, 0.2) is 0 Å². The molecule has 1 heterocycles. The van der Waals surface area contributed by atoms with Crippen LogP contribution in [-0.2, 0) is 10.2 Å². The fraction of sp³-hybridized carbons (Fsp3) is 0.375. The Morgan fingerprint density at radius 3 is 2.52 bits per heavy atom. The van der Waals surface area contributed by atoms with Crippen LogP contribution in [0.2, 0.25) is 0 Å². The number of benzene rings is 1. The van der Waals surface area contributed by atoms with Gasteiger partial charge in [0, 0.05) is 16.5 Å². The average Bonchev–Trinajstić information content (AvgIpc) is 2.86. The minimum Gasteiger partial charge on any atom is -0.369 e. The van der Waals surface area contributed by atoms with Gasteiger partial charge < -0.3 is 11.1 Å². The Bertz CT molecular complexity index is 643. The Labute approximate surface area is 129 Å². The molecule has 2 aromatic rings. The molecule has 1 aromatic heterocycles. The molecule has 0 aliphatic rings. The number of hydrogen-bond acceptors (Lipinski definition) is 4. The number of nitrogens with two attached hydrogens (primary N) is 1. The second kappa shape index (κ2) is 5.85. The van der Waals surface area contributed by atoms with E-state index in [0.29, 0.717) is 5.69 Å². The van der Waals surface area contributed by atoms with Crippen molar-refractivity contribution in [2.24, 2.45) is 5.73 Å². The number of amides is 1. The van der Waals surface area contributed by atoms with Crippen molar-refractivity contribution in [2.45, 2.75) is 39.2 Å². The molecule has 0 spiro atoms. The molecule has 0 saturated carbocycles. The Morgan fingerprint density at radius 2 is 2.00 bits per heavy atom. The summed E-state index contributed by atoms with van der Waals surface area (Å²) in [5.41, 5.74) is 8.16. The molecule has 4 nitrogen and oxygen atoms in total. The number of para-hydroxylation sites is 1. The molecule has 112 valence electrons. The zero-order chi connectivity index (χ0) is 15.6. The second-order valence-electron chi connectivity index (χ2n) is 6.12. The van der Waals surface area contributed by atoms with Gasteiger partial charge in [-0.1, -0.05) is 39.0 Å². The van der Waals surface area contributed by atoms with E-state index in [1.54, 1.807) is 11.3 Å². The van der Waals surface area contributed by atoms with Crippen molar-refractivity contribution in [1.29, 1.82) is 0 Å². The first-order valence-electron chi connectivity index (χ1n) is 6.86. The minimum absolute atomic E-state index is 0.0340. The third-order valence-corrected chi connectivity index (χ3v) is 4.47. The Kier molecular flexibility index (Phi) is 4.32. The maximum absolute atomic E-state index is 11.8. The number of thiazole rings is 1. The van der Waals surface area contributed by atoms with Crippen molar-refractivity contribution in [3.05, 3.63) is 45.9 Å². The first kappa shape index (κ1) is 15.5. The molecule has 0 aliphatic carbocycles. The molecule has 0 bridgehead atoms. The molecule has 1 atom stereocenters. The van der Waals surface area contributed by atoms with Gasteiger partial charge in [0.05, 0.1) is 10.7 Å². The molecule has 5 heteroatoms. The SMILES string of the molecule is Cc1ccccc1NC(C(N)=O)c1csc(C(C)(C)C)n1. The molecule has 0 fully saturated rings. The zero-order valence-electron chi connectivity index (χ0n) is 12.8. The lowest BCUT2D eigenvalue weighted by Gasteiger charge is -2.17. The number of aromatic nitrogens is 1. The van der Waals surface area contributed by atoms with E-state index in [0.717, 1.165) is 16.3 Å². The van der Waals surface area contributed by atoms with Gasteiger partial charge in [0.1, 0.15) is 6.04 Å². The zero-order valence-corrected chi connectivity index (χ0v) is 13.6. The maximum Gasteiger partial charge on any atom is 0.246 e. The minimum atomic E-state index is -0.613. The van der Waals surface area contributed by atoms with Crippen LogP contribution in [0.15, 0.2) is 29.6 Å². The Hall–Kier alpha value is -1.88. The summed E-state index contributed by atoms with van der Waals surface area (Å²) < 4.78 is 0. The van der Waals surface area contributed by atoms with Gasteiger partial charge >= 0.3 is 0 Å². The van der Waals surface area contributed by atoms with Gasteiger partial charge in [-0.15, -0.1) is 11.3 Å². The van der Waals surface area contributed by atoms with E-state index in [-0.39, 0.29) is 5.41 Å². The Balaban J connectivity index is 2.30. The van der Waals surface area contributed by atoms with Crippen molar-refractivity contribution in [3.63, 3.8) is 0 Å². The van der Waals surface area contributed by atoms with Crippen LogP contribution >= 0.6 is 11.3 Å². The van der Waals surface area contributed by atoms with Crippen LogP contribution in [0.4, 0.5) is 5.69 Å². The number of rotatable bonds is 4. The van der Waals surface area contributed by atoms with Crippen molar-refractivity contribution in [3.8, 4) is 0 Å². The quantitative estimate of drug-likeness (QED) is 0.909. The van der Waals surface area contributed by atoms with E-state index in [1.165, 1.54) is 0 Å². The standard InChI is InChI=1S/C16H21N3OS/c1-10-7-5-6-8-11(10)18-13(14(17)20)12-9-21-15(19-12)16(2,3)4/h5-9,13,18H,1-4H3,(H2,17,20). The third kappa shape index (κ3) is 3.61. The summed E-state index contributed by atoms with van der Waals surface area (Å²) in [7, 11) is 0. The number of aryl methyl sites for hydroxylation is 1. The van der Waals surface area contributed by atoms with E-state index in [2.05, 4.69) is 31.1 Å². The Morgan fingerprint density at radius 1 is 1.33 bits per heavy atom. The van der Waals surface area contributed by atoms with E-state index < -0.39 is 11.9 Å². The fourth-order valence-corrected chi connectivity index (χ4v) is 2.88. The predicted molar refractivity (Wildman–Crippen MR) is 87.6 cm³/mol. The maximum atomic E-state index is 11.8. The summed E-state index contributed by atoms with van der Waals surface area (Å²) in [4.78, 5) is 16.4. The first-order valence-corrected chi connectivity index (χ1v) is 7.74. The fourth-order valence-electron chi connectivity index (χ4n) is 1.94. The number of carbonyl (C=O) groups excluding carboxylic acids is 1. The molecule has 1 amide bonds. The van der Waals surface area contributed by atoms with Gasteiger partial charge in [-0.2, -0.15) is 0 Å². The van der Waals surface area contributed by atoms with E-state index in [4.69, 9.17) is 5.73 Å². The molecule has 2 rings (SSSR count). The summed E-state index contributed by atoms with van der Waals surface area (Å²) in [6.07, 6.45) is 0. The van der Waals surface area contributed by atoms with Crippen LogP contribution in [0.5, 0.6) is 0 Å². The predicted octanol–water partition coefficient (Wildman–Crippen LogP) is 3.39. The monoisotopic (exact) mass is 303 g/mol. The lowest BCUT2D eigenvalue weighted by molar-refractivity contribution is -0.118. The molecule has 3 N–H and O–H groups in total. The van der Waals surface area contributed by atoms with Gasteiger partial charge in [-0.3, -0.25) is 4.79 Å². The van der Waals surface area contributed by atoms with Gasteiger partial charge in [-0.05, 0) is 18.6 Å². The molecule has 1 unspecified atom stereocenters. The van der Waals surface area contributed by atoms with Crippen LogP contribution in [0.3, 0.4) is 0 Å². The number of nitrogens with one attached hydrogen (secondary N) is 1. The number of primary amides is 1. The number of nitrogens with zero attached hydrogens (tertiary/aromatic N) is 1. The van der Waals surface area contributed by atoms with Crippen LogP contribution in [0.1, 0.15) is 43.1 Å². The molecule has 0 aliphatic heterocycles. The second-order valence-corrected chi connectivity index (χ2v) is 6.98. The highest BCUT2D eigenvalue weighted by Crippen LogP contribution is 2.29. The lowest BCUT2D eigenvalue weighted by atomic mass is 9.98. The highest BCUT2D eigenvalue weighted by atomic mass is 32.1. The summed E-state index contributed by atoms with van der Waals surface area (Å²) in [5.74, 6) is -0.427. The molecule has 1 aromatic carbocycles. The average molecular weight is 303 g/mol. The normalized spacial score (nSPS) is 13.0. The largest absolute Gasteiger partial charge is 0.369 e. The molecular formula is C16H21N3OS. The van der Waals surface area contributed by atoms with Gasteiger partial charge in [0.2, 0.25) is 5.91 Å². The third-order valence-electron chi connectivity index (χ3n) is 3.19. The molecule has 21 heavy (non-hydrogen) atoms. The lowest BCUT2D eigenvalue weighted by Crippen LogP contribution is -2.28. The van der Waals surface area contributed by atoms with Crippen LogP contribution in [0.25, 0.3) is 0 Å². The number of hydrogen-bond donors (Lipinski definition) is 2. The first-order chi connectivity index (χ1) is 9.79. The summed E-state index contributed by atoms with van der Waals surface area (Å²) in [6, 6.07) is 7.19. The molecule has 0 radical (unpaired) electrons. The van der Waals surface area contributed by atoms with Crippen LogP contribution < -0.4 is 11.1 Å². The molecule has 0 saturated heterocycles.